The molecule has 0 saturated heterocycles. The predicted octanol–water partition coefficient (Wildman–Crippen LogP) is 3.44. The highest BCUT2D eigenvalue weighted by Gasteiger charge is 2.08. The van der Waals surface area contributed by atoms with Crippen LogP contribution in [0.2, 0.25) is 0 Å². The lowest BCUT2D eigenvalue weighted by Gasteiger charge is -1.89. The van der Waals surface area contributed by atoms with Crippen molar-refractivity contribution in [3.05, 3.63) is 35.3 Å². The third kappa shape index (κ3) is 1.22. The number of hydrogen-bond donors (Lipinski definition) is 0. The molecular weight excluding hydrogens is 167 g/mol. The van der Waals surface area contributed by atoms with Gasteiger partial charge in [-0.1, -0.05) is 6.92 Å². The molecule has 2 rings (SSSR count). The summed E-state index contributed by atoms with van der Waals surface area (Å²) in [5.41, 5.74) is 1.83. The Morgan fingerprint density at radius 1 is 1.38 bits per heavy atom. The SMILES string of the molecule is CCc1oc2ccc(F)cc2c1C. The van der Waals surface area contributed by atoms with Crippen LogP contribution in [0.5, 0.6) is 0 Å². The third-order valence-corrected chi connectivity index (χ3v) is 2.32. The third-order valence-electron chi connectivity index (χ3n) is 2.32. The molecule has 0 atom stereocenters. The molecule has 0 aliphatic heterocycles. The van der Waals surface area contributed by atoms with Crippen LogP contribution >= 0.6 is 0 Å². The summed E-state index contributed by atoms with van der Waals surface area (Å²) in [5, 5.41) is 0.886. The van der Waals surface area contributed by atoms with Gasteiger partial charge in [0.1, 0.15) is 17.2 Å². The molecule has 1 nitrogen and oxygen atoms in total. The summed E-state index contributed by atoms with van der Waals surface area (Å²) in [6.45, 7) is 3.99. The molecule has 0 aliphatic carbocycles. The Balaban J connectivity index is 2.77. The first-order valence-electron chi connectivity index (χ1n) is 4.40. The van der Waals surface area contributed by atoms with E-state index in [4.69, 9.17) is 4.42 Å². The molecule has 0 spiro atoms. The lowest BCUT2D eigenvalue weighted by atomic mass is 10.1. The van der Waals surface area contributed by atoms with Crippen LogP contribution in [0.15, 0.2) is 22.6 Å². The average Bonchev–Trinajstić information content (AvgIpc) is 2.44. The summed E-state index contributed by atoms with van der Waals surface area (Å²) < 4.78 is 18.4. The first-order chi connectivity index (χ1) is 6.22. The van der Waals surface area contributed by atoms with Gasteiger partial charge in [-0.3, -0.25) is 0 Å². The van der Waals surface area contributed by atoms with Crippen LogP contribution in [0.25, 0.3) is 11.0 Å². The van der Waals surface area contributed by atoms with Crippen LogP contribution in [0, 0.1) is 12.7 Å². The van der Waals surface area contributed by atoms with Crippen LogP contribution in [0.4, 0.5) is 4.39 Å². The van der Waals surface area contributed by atoms with Gasteiger partial charge in [0, 0.05) is 11.8 Å². The van der Waals surface area contributed by atoms with Gasteiger partial charge in [-0.05, 0) is 30.7 Å². The molecule has 1 aromatic heterocycles. The van der Waals surface area contributed by atoms with Gasteiger partial charge in [-0.25, -0.2) is 4.39 Å². The van der Waals surface area contributed by atoms with Gasteiger partial charge in [0.2, 0.25) is 0 Å². The molecule has 2 aromatic rings. The highest BCUT2D eigenvalue weighted by atomic mass is 19.1. The first-order valence-corrected chi connectivity index (χ1v) is 4.40. The standard InChI is InChI=1S/C11H11FO/c1-3-10-7(2)9-6-8(12)4-5-11(9)13-10/h4-6H,3H2,1-2H3. The maximum Gasteiger partial charge on any atom is 0.134 e. The Hall–Kier alpha value is -1.31. The van der Waals surface area contributed by atoms with Crippen molar-refractivity contribution in [2.45, 2.75) is 20.3 Å². The summed E-state index contributed by atoms with van der Waals surface area (Å²) in [5.74, 6) is 0.736. The van der Waals surface area contributed by atoms with E-state index in [9.17, 15) is 4.39 Å². The molecule has 2 heteroatoms. The van der Waals surface area contributed by atoms with Crippen molar-refractivity contribution >= 4 is 11.0 Å². The molecule has 1 aromatic carbocycles. The second kappa shape index (κ2) is 2.87. The topological polar surface area (TPSA) is 13.1 Å². The molecule has 1 heterocycles. The van der Waals surface area contributed by atoms with Gasteiger partial charge in [0.25, 0.3) is 0 Å². The smallest absolute Gasteiger partial charge is 0.134 e. The number of rotatable bonds is 1. The van der Waals surface area contributed by atoms with Crippen LogP contribution in [-0.4, -0.2) is 0 Å². The fourth-order valence-electron chi connectivity index (χ4n) is 1.58. The maximum atomic E-state index is 12.9. The second-order valence-corrected chi connectivity index (χ2v) is 3.14. The van der Waals surface area contributed by atoms with E-state index in [2.05, 4.69) is 0 Å². The molecule has 13 heavy (non-hydrogen) atoms. The molecule has 0 unspecified atom stereocenters. The molecular formula is C11H11FO. The Labute approximate surface area is 76.2 Å². The Morgan fingerprint density at radius 2 is 2.15 bits per heavy atom. The van der Waals surface area contributed by atoms with Gasteiger partial charge >= 0.3 is 0 Å². The van der Waals surface area contributed by atoms with Gasteiger partial charge in [0.05, 0.1) is 0 Å². The van der Waals surface area contributed by atoms with Crippen LogP contribution in [0.1, 0.15) is 18.2 Å². The van der Waals surface area contributed by atoms with E-state index < -0.39 is 0 Å². The number of fused-ring (bicyclic) bond motifs is 1. The minimum atomic E-state index is -0.209. The zero-order chi connectivity index (χ0) is 9.42. The first kappa shape index (κ1) is 8.30. The van der Waals surface area contributed by atoms with E-state index in [1.54, 1.807) is 6.07 Å². The van der Waals surface area contributed by atoms with Crippen molar-refractivity contribution in [1.82, 2.24) is 0 Å². The molecule has 0 N–H and O–H groups in total. The van der Waals surface area contributed by atoms with Crippen LogP contribution < -0.4 is 0 Å². The molecule has 0 bridgehead atoms. The van der Waals surface area contributed by atoms with E-state index >= 15 is 0 Å². The minimum Gasteiger partial charge on any atom is -0.461 e. The predicted molar refractivity (Wildman–Crippen MR) is 50.3 cm³/mol. The quantitative estimate of drug-likeness (QED) is 0.652. The zero-order valence-electron chi connectivity index (χ0n) is 7.73. The Kier molecular flexibility index (Phi) is 1.83. The molecule has 0 saturated carbocycles. The average molecular weight is 178 g/mol. The fraction of sp³-hybridized carbons (Fsp3) is 0.273. The number of hydrogen-bond acceptors (Lipinski definition) is 1. The van der Waals surface area contributed by atoms with Crippen molar-refractivity contribution in [3.63, 3.8) is 0 Å². The normalized spacial score (nSPS) is 11.0. The summed E-state index contributed by atoms with van der Waals surface area (Å²) in [4.78, 5) is 0. The summed E-state index contributed by atoms with van der Waals surface area (Å²) in [6.07, 6.45) is 0.849. The number of benzene rings is 1. The fourth-order valence-corrected chi connectivity index (χ4v) is 1.58. The van der Waals surface area contributed by atoms with E-state index in [1.807, 2.05) is 13.8 Å². The molecule has 68 valence electrons. The molecule has 0 fully saturated rings. The minimum absolute atomic E-state index is 0.209. The molecule has 0 aliphatic rings. The van der Waals surface area contributed by atoms with Gasteiger partial charge in [-0.15, -0.1) is 0 Å². The van der Waals surface area contributed by atoms with E-state index in [0.717, 1.165) is 28.7 Å². The lowest BCUT2D eigenvalue weighted by Crippen LogP contribution is -1.77. The van der Waals surface area contributed by atoms with Gasteiger partial charge in [0.15, 0.2) is 0 Å². The van der Waals surface area contributed by atoms with E-state index in [-0.39, 0.29) is 5.82 Å². The zero-order valence-corrected chi connectivity index (χ0v) is 7.73. The number of halogens is 1. The highest BCUT2D eigenvalue weighted by Crippen LogP contribution is 2.25. The largest absolute Gasteiger partial charge is 0.461 e. The van der Waals surface area contributed by atoms with Crippen molar-refractivity contribution in [3.8, 4) is 0 Å². The van der Waals surface area contributed by atoms with Crippen molar-refractivity contribution in [2.75, 3.05) is 0 Å². The second-order valence-electron chi connectivity index (χ2n) is 3.14. The Morgan fingerprint density at radius 3 is 2.85 bits per heavy atom. The number of furan rings is 1. The van der Waals surface area contributed by atoms with Crippen LogP contribution in [-0.2, 0) is 6.42 Å². The summed E-state index contributed by atoms with van der Waals surface area (Å²) >= 11 is 0. The van der Waals surface area contributed by atoms with Crippen molar-refractivity contribution in [1.29, 1.82) is 0 Å². The number of aryl methyl sites for hydroxylation is 2. The summed E-state index contributed by atoms with van der Waals surface area (Å²) in [6, 6.07) is 4.62. The highest BCUT2D eigenvalue weighted by molar-refractivity contribution is 5.81. The van der Waals surface area contributed by atoms with E-state index in [1.165, 1.54) is 12.1 Å². The van der Waals surface area contributed by atoms with Crippen LogP contribution in [0.3, 0.4) is 0 Å². The van der Waals surface area contributed by atoms with Crippen molar-refractivity contribution < 1.29 is 8.81 Å². The molecule has 0 amide bonds. The Bertz CT molecular complexity index is 443. The monoisotopic (exact) mass is 178 g/mol. The van der Waals surface area contributed by atoms with E-state index in [0.29, 0.717) is 0 Å². The summed E-state index contributed by atoms with van der Waals surface area (Å²) in [7, 11) is 0. The lowest BCUT2D eigenvalue weighted by molar-refractivity contribution is 0.552. The molecule has 0 radical (unpaired) electrons. The van der Waals surface area contributed by atoms with Gasteiger partial charge in [-0.2, -0.15) is 0 Å². The van der Waals surface area contributed by atoms with Crippen molar-refractivity contribution in [2.24, 2.45) is 0 Å². The van der Waals surface area contributed by atoms with Gasteiger partial charge < -0.3 is 4.42 Å². The maximum absolute atomic E-state index is 12.9.